The lowest BCUT2D eigenvalue weighted by molar-refractivity contribution is -0.119. The third kappa shape index (κ3) is 7.02. The van der Waals surface area contributed by atoms with Crippen molar-refractivity contribution in [3.8, 4) is 5.88 Å². The Morgan fingerprint density at radius 3 is 2.58 bits per heavy atom. The Bertz CT molecular complexity index is 1960. The number of methoxy groups -OCH3 is 1. The Hall–Kier alpha value is -4.97. The van der Waals surface area contributed by atoms with Gasteiger partial charge in [0.1, 0.15) is 5.54 Å². The van der Waals surface area contributed by atoms with E-state index in [1.54, 1.807) is 42.5 Å². The third-order valence-electron chi connectivity index (χ3n) is 8.77. The zero-order chi connectivity index (χ0) is 35.3. The molecule has 50 heavy (non-hydrogen) atoms. The van der Waals surface area contributed by atoms with E-state index in [9.17, 15) is 14.7 Å². The molecule has 1 aliphatic heterocycles. The van der Waals surface area contributed by atoms with E-state index in [2.05, 4.69) is 26.3 Å². The van der Waals surface area contributed by atoms with Crippen molar-refractivity contribution in [2.45, 2.75) is 41.8 Å². The zero-order valence-corrected chi connectivity index (χ0v) is 28.6. The van der Waals surface area contributed by atoms with Crippen molar-refractivity contribution in [1.29, 1.82) is 0 Å². The molecule has 2 unspecified atom stereocenters. The van der Waals surface area contributed by atoms with E-state index in [1.807, 2.05) is 36.4 Å². The number of para-hydroxylation sites is 1. The van der Waals surface area contributed by atoms with Crippen molar-refractivity contribution in [3.05, 3.63) is 131 Å². The standard InChI is InChI=1S/C37H35Cl2FN6O4/c1-50-34-25(20-41-22-26-14-16-31(47)44-26)13-15-30(45-34)36(18-7-11-28(37(36,38)39)23-8-3-2-4-9-23)46-33-32(40)24(17-19-42-33)21-43-29-12-6-5-10-27(29)35(48)49/h2-13,15,17-19,26,41,43H,14,16,20-22H2,1H3,(H,42,46)(H,44,47)(H,48,49). The molecule has 4 aromatic rings. The van der Waals surface area contributed by atoms with E-state index in [0.717, 1.165) is 17.5 Å². The smallest absolute Gasteiger partial charge is 0.337 e. The van der Waals surface area contributed by atoms with Crippen LogP contribution in [-0.4, -0.2) is 51.0 Å². The maximum atomic E-state index is 16.4. The molecule has 5 N–H and O–H groups in total. The molecule has 0 radical (unpaired) electrons. The van der Waals surface area contributed by atoms with Crippen molar-refractivity contribution >= 4 is 52.2 Å². The average Bonchev–Trinajstić information content (AvgIpc) is 3.54. The highest BCUT2D eigenvalue weighted by molar-refractivity contribution is 6.55. The summed E-state index contributed by atoms with van der Waals surface area (Å²) >= 11 is 14.8. The van der Waals surface area contributed by atoms with Crippen LogP contribution in [0.4, 0.5) is 15.9 Å². The first-order valence-corrected chi connectivity index (χ1v) is 16.7. The second kappa shape index (κ2) is 14.9. The molecule has 13 heteroatoms. The lowest BCUT2D eigenvalue weighted by Gasteiger charge is -2.44. The van der Waals surface area contributed by atoms with Gasteiger partial charge in [0.05, 0.1) is 18.4 Å². The van der Waals surface area contributed by atoms with Crippen molar-refractivity contribution in [2.75, 3.05) is 24.3 Å². The summed E-state index contributed by atoms with van der Waals surface area (Å²) in [5.74, 6) is -1.59. The van der Waals surface area contributed by atoms with Crippen molar-refractivity contribution in [2.24, 2.45) is 0 Å². The number of pyridine rings is 2. The van der Waals surface area contributed by atoms with Crippen LogP contribution in [0.1, 0.15) is 45.6 Å². The topological polar surface area (TPSA) is 138 Å². The first-order chi connectivity index (χ1) is 24.1. The first-order valence-electron chi connectivity index (χ1n) is 16.0. The molecule has 1 amide bonds. The Labute approximate surface area is 298 Å². The summed E-state index contributed by atoms with van der Waals surface area (Å²) in [6, 6.07) is 20.9. The lowest BCUT2D eigenvalue weighted by atomic mass is 9.79. The number of aromatic nitrogens is 2. The fraction of sp³-hybridized carbons (Fsp3) is 0.243. The highest BCUT2D eigenvalue weighted by Crippen LogP contribution is 2.54. The first kappa shape index (κ1) is 34.9. The number of nitrogens with zero attached hydrogens (tertiary/aromatic N) is 2. The van der Waals surface area contributed by atoms with Crippen LogP contribution in [0.15, 0.2) is 97.2 Å². The van der Waals surface area contributed by atoms with Gasteiger partial charge in [0.25, 0.3) is 0 Å². The number of anilines is 2. The van der Waals surface area contributed by atoms with Gasteiger partial charge in [-0.2, -0.15) is 0 Å². The molecule has 10 nitrogen and oxygen atoms in total. The molecule has 6 rings (SSSR count). The van der Waals surface area contributed by atoms with Crippen LogP contribution >= 0.6 is 23.2 Å². The van der Waals surface area contributed by atoms with Gasteiger partial charge < -0.3 is 31.1 Å². The fourth-order valence-corrected chi connectivity index (χ4v) is 6.91. The number of nitrogens with one attached hydrogen (secondary N) is 4. The zero-order valence-electron chi connectivity index (χ0n) is 27.1. The van der Waals surface area contributed by atoms with Crippen LogP contribution in [0, 0.1) is 5.82 Å². The molecule has 1 aliphatic carbocycles. The minimum Gasteiger partial charge on any atom is -0.481 e. The molecule has 1 fully saturated rings. The number of alkyl halides is 2. The van der Waals surface area contributed by atoms with Crippen molar-refractivity contribution in [3.63, 3.8) is 0 Å². The predicted molar refractivity (Wildman–Crippen MR) is 192 cm³/mol. The molecular weight excluding hydrogens is 682 g/mol. The monoisotopic (exact) mass is 716 g/mol. The number of carboxylic acid groups (broad SMARTS) is 1. The molecule has 2 aromatic heterocycles. The van der Waals surface area contributed by atoms with Gasteiger partial charge in [-0.15, -0.1) is 0 Å². The second-order valence-corrected chi connectivity index (χ2v) is 13.3. The average molecular weight is 718 g/mol. The van der Waals surface area contributed by atoms with Gasteiger partial charge in [-0.05, 0) is 47.9 Å². The number of hydrogen-bond acceptors (Lipinski definition) is 8. The van der Waals surface area contributed by atoms with Gasteiger partial charge in [0.15, 0.2) is 16.0 Å². The number of rotatable bonds is 13. The molecule has 2 aromatic carbocycles. The predicted octanol–water partition coefficient (Wildman–Crippen LogP) is 6.44. The summed E-state index contributed by atoms with van der Waals surface area (Å²) in [4.78, 5) is 32.5. The Morgan fingerprint density at radius 1 is 1.06 bits per heavy atom. The minimum absolute atomic E-state index is 0.0312. The molecular formula is C37H35Cl2FN6O4. The Balaban J connectivity index is 1.35. The highest BCUT2D eigenvalue weighted by Gasteiger charge is 2.55. The number of ether oxygens (including phenoxy) is 1. The fourth-order valence-electron chi connectivity index (χ4n) is 6.16. The summed E-state index contributed by atoms with van der Waals surface area (Å²) in [6.45, 7) is 0.967. The van der Waals surface area contributed by atoms with Gasteiger partial charge in [-0.1, -0.05) is 83.9 Å². The number of aromatic carboxylic acids is 1. The van der Waals surface area contributed by atoms with Gasteiger partial charge in [0, 0.05) is 55.1 Å². The maximum absolute atomic E-state index is 16.4. The van der Waals surface area contributed by atoms with Crippen molar-refractivity contribution < 1.29 is 23.8 Å². The highest BCUT2D eigenvalue weighted by atomic mass is 35.5. The van der Waals surface area contributed by atoms with E-state index < -0.39 is 21.7 Å². The number of benzene rings is 2. The summed E-state index contributed by atoms with van der Waals surface area (Å²) in [7, 11) is 1.51. The van der Waals surface area contributed by atoms with Gasteiger partial charge in [-0.25, -0.2) is 19.2 Å². The summed E-state index contributed by atoms with van der Waals surface area (Å²) < 4.78 is 20.3. The number of hydrogen-bond donors (Lipinski definition) is 5. The van der Waals surface area contributed by atoms with E-state index in [1.165, 1.54) is 25.4 Å². The summed E-state index contributed by atoms with van der Waals surface area (Å²) in [5.41, 5.74) is 1.44. The van der Waals surface area contributed by atoms with Crippen LogP contribution in [-0.2, 0) is 23.4 Å². The van der Waals surface area contributed by atoms with Crippen LogP contribution in [0.2, 0.25) is 0 Å². The van der Waals surface area contributed by atoms with E-state index in [-0.39, 0.29) is 35.4 Å². The SMILES string of the molecule is COc1nc(C2(Nc3nccc(CNc4ccccc4C(=O)O)c3F)C=CC=C(c3ccccc3)C2(Cl)Cl)ccc1CNCC1CCC(=O)N1. The van der Waals surface area contributed by atoms with Gasteiger partial charge >= 0.3 is 5.97 Å². The van der Waals surface area contributed by atoms with Crippen LogP contribution in [0.3, 0.4) is 0 Å². The number of carboxylic acids is 1. The molecule has 2 aliphatic rings. The summed E-state index contributed by atoms with van der Waals surface area (Å²) in [6.07, 6.45) is 8.03. The number of halogens is 3. The largest absolute Gasteiger partial charge is 0.481 e. The molecule has 3 heterocycles. The van der Waals surface area contributed by atoms with Crippen LogP contribution < -0.4 is 26.0 Å². The lowest BCUT2D eigenvalue weighted by Crippen LogP contribution is -2.51. The van der Waals surface area contributed by atoms with Crippen LogP contribution in [0.25, 0.3) is 5.57 Å². The number of amides is 1. The number of carbonyl (C=O) groups is 2. The van der Waals surface area contributed by atoms with Crippen LogP contribution in [0.5, 0.6) is 5.88 Å². The van der Waals surface area contributed by atoms with Gasteiger partial charge in [0.2, 0.25) is 11.8 Å². The molecule has 258 valence electrons. The summed E-state index contributed by atoms with van der Waals surface area (Å²) in [5, 5.41) is 22.1. The Kier molecular flexibility index (Phi) is 10.4. The second-order valence-electron chi connectivity index (χ2n) is 11.9. The molecule has 0 saturated carbocycles. The van der Waals surface area contributed by atoms with E-state index in [4.69, 9.17) is 32.9 Å². The van der Waals surface area contributed by atoms with Gasteiger partial charge in [-0.3, -0.25) is 4.79 Å². The maximum Gasteiger partial charge on any atom is 0.337 e. The molecule has 0 spiro atoms. The quantitative estimate of drug-likeness (QED) is 0.0991. The van der Waals surface area contributed by atoms with Crippen molar-refractivity contribution in [1.82, 2.24) is 20.6 Å². The number of carbonyl (C=O) groups excluding carboxylic acids is 1. The number of allylic oxidation sites excluding steroid dienone is 2. The van der Waals surface area contributed by atoms with E-state index >= 15 is 4.39 Å². The van der Waals surface area contributed by atoms with E-state index in [0.29, 0.717) is 42.3 Å². The normalized spacial score (nSPS) is 19.4. The molecule has 2 atom stereocenters. The minimum atomic E-state index is -1.76. The molecule has 0 bridgehead atoms. The third-order valence-corrected chi connectivity index (χ3v) is 9.77. The molecule has 1 saturated heterocycles. The Morgan fingerprint density at radius 2 is 1.84 bits per heavy atom.